The van der Waals surface area contributed by atoms with Crippen molar-refractivity contribution in [3.05, 3.63) is 0 Å². The first-order valence-electron chi connectivity index (χ1n) is 29.4. The molecule has 0 aromatic carbocycles. The van der Waals surface area contributed by atoms with Crippen LogP contribution in [0.1, 0.15) is 257 Å². The van der Waals surface area contributed by atoms with Crippen molar-refractivity contribution in [2.24, 2.45) is 0 Å². The quantitative estimate of drug-likeness (QED) is 0.122. The number of hydrogen-bond acceptors (Lipinski definition) is 20. The van der Waals surface area contributed by atoms with Gasteiger partial charge in [0, 0.05) is 48.3 Å². The summed E-state index contributed by atoms with van der Waals surface area (Å²) in [7, 11) is 0. The van der Waals surface area contributed by atoms with Gasteiger partial charge in [0.15, 0.2) is 0 Å². The summed E-state index contributed by atoms with van der Waals surface area (Å²) in [4.78, 5) is 0. The van der Waals surface area contributed by atoms with Gasteiger partial charge < -0.3 is 21.3 Å². The third-order valence-electron chi connectivity index (χ3n) is 14.7. The fourth-order valence-corrected chi connectivity index (χ4v) is 11.5. The fourth-order valence-electron chi connectivity index (χ4n) is 11.5. The van der Waals surface area contributed by atoms with Gasteiger partial charge >= 0.3 is 214 Å². The maximum absolute atomic E-state index is 8.67. The molecule has 0 aromatic rings. The van der Waals surface area contributed by atoms with Crippen LogP contribution in [-0.2, 0) is 182 Å². The maximum atomic E-state index is 8.67. The van der Waals surface area contributed by atoms with Crippen molar-refractivity contribution in [3.63, 3.8) is 0 Å². The summed E-state index contributed by atoms with van der Waals surface area (Å²) in [6, 6.07) is 6.98. The summed E-state index contributed by atoms with van der Waals surface area (Å²) >= 11 is -29.5. The second kappa shape index (κ2) is 66.9. The van der Waals surface area contributed by atoms with Crippen molar-refractivity contribution in [1.82, 2.24) is 21.3 Å². The molecule has 0 spiro atoms. The van der Waals surface area contributed by atoms with E-state index in [9.17, 15) is 0 Å². The van der Waals surface area contributed by atoms with Crippen LogP contribution in [-0.4, -0.2) is 80.6 Å². The Morgan fingerprint density at radius 3 is 0.274 bits per heavy atom. The molecule has 0 saturated heterocycles. The Hall–Kier alpha value is 0.995. The van der Waals surface area contributed by atoms with Crippen molar-refractivity contribution >= 4 is 0 Å². The Labute approximate surface area is 535 Å². The molecule has 8 saturated carbocycles. The first-order chi connectivity index (χ1) is 39.7. The molecule has 8 aliphatic rings. The van der Waals surface area contributed by atoms with Crippen molar-refractivity contribution in [2.75, 3.05) is 0 Å². The van der Waals surface area contributed by atoms with Gasteiger partial charge in [-0.25, -0.2) is 0 Å². The van der Waals surface area contributed by atoms with E-state index in [1.807, 2.05) is 0 Å². The molecule has 8 aliphatic carbocycles. The van der Waals surface area contributed by atoms with Crippen molar-refractivity contribution in [3.8, 4) is 0 Å². The summed E-state index contributed by atoms with van der Waals surface area (Å²) < 4.78 is 196. The summed E-state index contributed by atoms with van der Waals surface area (Å²) in [5, 5.41) is 15.4. The first-order valence-corrected chi connectivity index (χ1v) is 43.5. The van der Waals surface area contributed by atoms with Crippen molar-refractivity contribution < 1.29 is 214 Å². The predicted molar refractivity (Wildman–Crippen MR) is 256 cm³/mol. The van der Waals surface area contributed by atoms with E-state index < -0.39 is 123 Å². The Morgan fingerprint density at radius 2 is 0.214 bits per heavy atom. The monoisotopic (exact) mass is 1520 g/mol. The number of hydrogen-bond donors (Lipinski definition) is 12. The molecular formula is C48H100N4O24V8. The number of rotatable bonds is 8. The average Bonchev–Trinajstić information content (AvgIpc) is 3.46. The molecule has 0 aromatic heterocycles. The van der Waals surface area contributed by atoms with Crippen LogP contribution in [0.25, 0.3) is 0 Å². The van der Waals surface area contributed by atoms with E-state index >= 15 is 0 Å². The van der Waals surface area contributed by atoms with E-state index in [1.54, 1.807) is 0 Å². The van der Waals surface area contributed by atoms with Crippen LogP contribution in [0.15, 0.2) is 0 Å². The van der Waals surface area contributed by atoms with Crippen LogP contribution >= 0.6 is 0 Å². The van der Waals surface area contributed by atoms with Crippen molar-refractivity contribution in [1.29, 1.82) is 0 Å². The van der Waals surface area contributed by atoms with Crippen LogP contribution in [0.2, 0.25) is 0 Å². The summed E-state index contributed by atoms with van der Waals surface area (Å²) in [6.45, 7) is 0. The predicted octanol–water partition coefficient (Wildman–Crippen LogP) is 6.59. The van der Waals surface area contributed by atoms with E-state index in [0.717, 1.165) is 48.3 Å². The molecule has 0 heterocycles. The molecule has 0 amide bonds. The molecule has 0 atom stereocenters. The molecule has 84 heavy (non-hydrogen) atoms. The van der Waals surface area contributed by atoms with E-state index in [-0.39, 0.29) is 0 Å². The molecule has 28 nitrogen and oxygen atoms in total. The number of nitrogens with one attached hydrogen (secondary N) is 4. The molecule has 0 radical (unpaired) electrons. The standard InChI is InChI=1S/4C12H23N.8H2O.16O.8V/c4*1-3-7-11(8-4-1)13-12-9-5-2-6-10-12;;;;;;;;;;;;;;;;;;;;;;;;;;;;;;;;/h4*11-13H,1-10H2;8*1H2;;;;;;;;;;;;;;;;;;;;;;;;/q;;;;;;;;;;;;;;;;;;;;;;;;;;;;8*+1/p-8. The molecular weight excluding hydrogens is 1420 g/mol. The van der Waals surface area contributed by atoms with Crippen molar-refractivity contribution in [2.45, 2.75) is 305 Å². The van der Waals surface area contributed by atoms with Gasteiger partial charge in [0.05, 0.1) is 0 Å². The zero-order chi connectivity index (χ0) is 64.4. The van der Waals surface area contributed by atoms with Gasteiger partial charge in [0.25, 0.3) is 0 Å². The topological polar surface area (TPSA) is 483 Å². The van der Waals surface area contributed by atoms with Gasteiger partial charge in [-0.05, 0) is 103 Å². The van der Waals surface area contributed by atoms with Gasteiger partial charge in [-0.3, -0.25) is 0 Å². The van der Waals surface area contributed by atoms with E-state index in [4.69, 9.17) is 91.0 Å². The van der Waals surface area contributed by atoms with Gasteiger partial charge in [0.2, 0.25) is 0 Å². The van der Waals surface area contributed by atoms with Crippen LogP contribution in [0.4, 0.5) is 0 Å². The molecule has 0 unspecified atom stereocenters. The Bertz CT molecular complexity index is 1630. The second-order valence-corrected chi connectivity index (χ2v) is 27.2. The van der Waals surface area contributed by atoms with Gasteiger partial charge in [-0.1, -0.05) is 154 Å². The van der Waals surface area contributed by atoms with E-state index in [2.05, 4.69) is 21.3 Å². The minimum absolute atomic E-state index is 0.872. The minimum atomic E-state index is -3.69. The molecule has 12 N–H and O–H groups in total. The van der Waals surface area contributed by atoms with Crippen LogP contribution < -0.4 is 21.3 Å². The summed E-state index contributed by atoms with van der Waals surface area (Å²) in [5.41, 5.74) is 0. The van der Waals surface area contributed by atoms with Gasteiger partial charge in [0.1, 0.15) is 0 Å². The van der Waals surface area contributed by atoms with Gasteiger partial charge in [-0.15, -0.1) is 0 Å². The SMILES string of the molecule is C1CCC(NC2CCCCC2)CC1.C1CCC(NC2CCCCC2)CC1.C1CCC(NC2CCCCC2)CC1.C1CCC(NC2CCCCC2)CC1.[O]=[V](=[O])[OH].[O]=[V](=[O])[OH].[O]=[V](=[O])[OH].[O]=[V](=[O])[OH].[O]=[V](=[O])[OH].[O]=[V](=[O])[OH].[O]=[V](=[O])[OH].[O]=[V](=[O])[OH]. The normalized spacial score (nSPS) is 19.5. The molecule has 496 valence electrons. The third-order valence-corrected chi connectivity index (χ3v) is 14.7. The molecule has 8 fully saturated rings. The summed E-state index contributed by atoms with van der Waals surface area (Å²) in [5.74, 6) is 0. The zero-order valence-corrected chi connectivity index (χ0v) is 59.8. The van der Waals surface area contributed by atoms with E-state index in [1.165, 1.54) is 257 Å². The Morgan fingerprint density at radius 1 is 0.155 bits per heavy atom. The fraction of sp³-hybridized carbons (Fsp3) is 1.00. The second-order valence-electron chi connectivity index (χ2n) is 21.2. The van der Waals surface area contributed by atoms with E-state index in [0.29, 0.717) is 0 Å². The van der Waals surface area contributed by atoms with Crippen LogP contribution in [0.5, 0.6) is 0 Å². The van der Waals surface area contributed by atoms with Crippen LogP contribution in [0, 0.1) is 0 Å². The Kier molecular flexibility index (Phi) is 72.8. The van der Waals surface area contributed by atoms with Gasteiger partial charge in [-0.2, -0.15) is 0 Å². The zero-order valence-electron chi connectivity index (χ0n) is 48.6. The first kappa shape index (κ1) is 91.4. The van der Waals surface area contributed by atoms with Crippen LogP contribution in [0.3, 0.4) is 0 Å². The summed E-state index contributed by atoms with van der Waals surface area (Å²) in [6.07, 6.45) is 58.3. The Balaban J connectivity index is -0.000000435. The third kappa shape index (κ3) is 85.1. The average molecular weight is 1520 g/mol. The molecule has 36 heteroatoms. The molecule has 0 bridgehead atoms. The molecule has 0 aliphatic heterocycles. The molecule has 8 rings (SSSR count).